The predicted octanol–water partition coefficient (Wildman–Crippen LogP) is 5.09. The van der Waals surface area contributed by atoms with E-state index in [1.165, 1.54) is 0 Å². The van der Waals surface area contributed by atoms with Gasteiger partial charge < -0.3 is 4.90 Å². The Balaban J connectivity index is 2.33. The molecule has 2 aromatic carbocycles. The highest BCUT2D eigenvalue weighted by atomic mass is 35.5. The zero-order valence-electron chi connectivity index (χ0n) is 13.6. The van der Waals surface area contributed by atoms with Crippen molar-refractivity contribution in [1.82, 2.24) is 4.90 Å². The van der Waals surface area contributed by atoms with Gasteiger partial charge in [-0.15, -0.1) is 0 Å². The van der Waals surface area contributed by atoms with E-state index < -0.39 is 0 Å². The number of hydrogen-bond acceptors (Lipinski definition) is 1. The first-order valence-corrected chi connectivity index (χ1v) is 7.79. The Morgan fingerprint density at radius 1 is 1.09 bits per heavy atom. The molecule has 0 heterocycles. The first-order chi connectivity index (χ1) is 10.3. The molecule has 0 bridgehead atoms. The fraction of sp³-hybridized carbons (Fsp3) is 0.316. The minimum atomic E-state index is -0.274. The fourth-order valence-corrected chi connectivity index (χ4v) is 2.44. The molecule has 0 aliphatic heterocycles. The van der Waals surface area contributed by atoms with Gasteiger partial charge in [-0.1, -0.05) is 48.0 Å². The van der Waals surface area contributed by atoms with Crippen LogP contribution in [0.15, 0.2) is 48.5 Å². The molecular weight excluding hydrogens is 294 g/mol. The van der Waals surface area contributed by atoms with Crippen LogP contribution >= 0.6 is 11.6 Å². The Labute approximate surface area is 137 Å². The first kappa shape index (κ1) is 16.6. The van der Waals surface area contributed by atoms with Crippen LogP contribution in [0.4, 0.5) is 0 Å². The number of carbonyl (C=O) groups excluding carboxylic acids is 1. The summed E-state index contributed by atoms with van der Waals surface area (Å²) in [4.78, 5) is 14.8. The van der Waals surface area contributed by atoms with Gasteiger partial charge in [-0.05, 0) is 51.0 Å². The zero-order valence-corrected chi connectivity index (χ0v) is 14.3. The van der Waals surface area contributed by atoms with Gasteiger partial charge in [0.2, 0.25) is 0 Å². The lowest BCUT2D eigenvalue weighted by Crippen LogP contribution is -2.45. The summed E-state index contributed by atoms with van der Waals surface area (Å²) in [5.41, 5.74) is 2.44. The summed E-state index contributed by atoms with van der Waals surface area (Å²) >= 11 is 6.17. The van der Waals surface area contributed by atoms with Crippen LogP contribution in [0.25, 0.3) is 0 Å². The van der Waals surface area contributed by atoms with Crippen molar-refractivity contribution in [3.63, 3.8) is 0 Å². The summed E-state index contributed by atoms with van der Waals surface area (Å²) in [5.74, 6) is -0.00162. The number of aryl methyl sites for hydroxylation is 1. The number of carbonyl (C=O) groups is 1. The topological polar surface area (TPSA) is 20.3 Å². The van der Waals surface area contributed by atoms with Crippen LogP contribution in [-0.4, -0.2) is 16.3 Å². The summed E-state index contributed by atoms with van der Waals surface area (Å²) < 4.78 is 0. The third kappa shape index (κ3) is 3.89. The lowest BCUT2D eigenvalue weighted by molar-refractivity contribution is 0.0559. The lowest BCUT2D eigenvalue weighted by atomic mass is 10.0. The molecule has 0 radical (unpaired) electrons. The largest absolute Gasteiger partial charge is 0.329 e. The molecule has 2 rings (SSSR count). The van der Waals surface area contributed by atoms with E-state index in [1.54, 1.807) is 6.07 Å². The molecule has 0 atom stereocenters. The standard InChI is InChI=1S/C19H22ClNO/c1-14-10-11-16(12-17(14)20)18(22)21(19(2,3)4)13-15-8-6-5-7-9-15/h5-12H,13H2,1-4H3. The monoisotopic (exact) mass is 315 g/mol. The van der Waals surface area contributed by atoms with E-state index in [2.05, 4.69) is 0 Å². The molecule has 0 aliphatic rings. The summed E-state index contributed by atoms with van der Waals surface area (Å²) in [5, 5.41) is 0.624. The Bertz CT molecular complexity index is 659. The first-order valence-electron chi connectivity index (χ1n) is 7.41. The van der Waals surface area contributed by atoms with Crippen molar-refractivity contribution in [1.29, 1.82) is 0 Å². The van der Waals surface area contributed by atoms with Gasteiger partial charge in [-0.2, -0.15) is 0 Å². The summed E-state index contributed by atoms with van der Waals surface area (Å²) in [6, 6.07) is 15.5. The van der Waals surface area contributed by atoms with Crippen LogP contribution < -0.4 is 0 Å². The van der Waals surface area contributed by atoms with Gasteiger partial charge in [-0.3, -0.25) is 4.79 Å². The maximum Gasteiger partial charge on any atom is 0.254 e. The maximum atomic E-state index is 12.9. The Morgan fingerprint density at radius 2 is 1.73 bits per heavy atom. The van der Waals surface area contributed by atoms with E-state index in [1.807, 2.05) is 75.1 Å². The SMILES string of the molecule is Cc1ccc(C(=O)N(Cc2ccccc2)C(C)(C)C)cc1Cl. The van der Waals surface area contributed by atoms with Crippen LogP contribution in [0, 0.1) is 6.92 Å². The van der Waals surface area contributed by atoms with Crippen LogP contribution in [0.3, 0.4) is 0 Å². The zero-order chi connectivity index (χ0) is 16.3. The van der Waals surface area contributed by atoms with Crippen molar-refractivity contribution < 1.29 is 4.79 Å². The molecule has 0 unspecified atom stereocenters. The van der Waals surface area contributed by atoms with Crippen molar-refractivity contribution in [3.8, 4) is 0 Å². The van der Waals surface area contributed by atoms with E-state index in [-0.39, 0.29) is 11.4 Å². The van der Waals surface area contributed by atoms with Crippen LogP contribution in [-0.2, 0) is 6.54 Å². The highest BCUT2D eigenvalue weighted by Crippen LogP contribution is 2.23. The van der Waals surface area contributed by atoms with Gasteiger partial charge >= 0.3 is 0 Å². The number of halogens is 1. The number of benzene rings is 2. The number of hydrogen-bond donors (Lipinski definition) is 0. The predicted molar refractivity (Wildman–Crippen MR) is 92.3 cm³/mol. The average Bonchev–Trinajstić information content (AvgIpc) is 2.47. The van der Waals surface area contributed by atoms with E-state index >= 15 is 0 Å². The summed E-state index contributed by atoms with van der Waals surface area (Å²) in [6.07, 6.45) is 0. The number of nitrogens with zero attached hydrogens (tertiary/aromatic N) is 1. The molecule has 116 valence electrons. The van der Waals surface area contributed by atoms with E-state index in [4.69, 9.17) is 11.6 Å². The second kappa shape index (κ2) is 6.53. The third-order valence-electron chi connectivity index (χ3n) is 3.66. The van der Waals surface area contributed by atoms with Gasteiger partial charge in [0.1, 0.15) is 0 Å². The second-order valence-corrected chi connectivity index (χ2v) is 6.92. The van der Waals surface area contributed by atoms with Crippen LogP contribution in [0.2, 0.25) is 5.02 Å². The maximum absolute atomic E-state index is 12.9. The number of amides is 1. The van der Waals surface area contributed by atoms with Crippen LogP contribution in [0.1, 0.15) is 42.3 Å². The number of rotatable bonds is 3. The Kier molecular flexibility index (Phi) is 4.92. The quantitative estimate of drug-likeness (QED) is 0.772. The second-order valence-electron chi connectivity index (χ2n) is 6.51. The minimum Gasteiger partial charge on any atom is -0.329 e. The molecule has 3 heteroatoms. The highest BCUT2D eigenvalue weighted by molar-refractivity contribution is 6.31. The highest BCUT2D eigenvalue weighted by Gasteiger charge is 2.27. The summed E-state index contributed by atoms with van der Waals surface area (Å²) in [6.45, 7) is 8.65. The molecule has 0 saturated carbocycles. The van der Waals surface area contributed by atoms with E-state index in [0.29, 0.717) is 17.1 Å². The van der Waals surface area contributed by atoms with Gasteiger partial charge in [-0.25, -0.2) is 0 Å². The molecule has 0 aromatic heterocycles. The normalized spacial score (nSPS) is 11.3. The van der Waals surface area contributed by atoms with Crippen molar-refractivity contribution in [2.75, 3.05) is 0 Å². The fourth-order valence-electron chi connectivity index (χ4n) is 2.26. The molecule has 1 amide bonds. The molecular formula is C19H22ClNO. The van der Waals surface area contributed by atoms with Crippen molar-refractivity contribution in [3.05, 3.63) is 70.2 Å². The van der Waals surface area contributed by atoms with Crippen molar-refractivity contribution in [2.24, 2.45) is 0 Å². The smallest absolute Gasteiger partial charge is 0.254 e. The molecule has 22 heavy (non-hydrogen) atoms. The van der Waals surface area contributed by atoms with Crippen LogP contribution in [0.5, 0.6) is 0 Å². The van der Waals surface area contributed by atoms with Gasteiger partial charge in [0.15, 0.2) is 0 Å². The Hall–Kier alpha value is -1.80. The van der Waals surface area contributed by atoms with Gasteiger partial charge in [0, 0.05) is 22.7 Å². The summed E-state index contributed by atoms with van der Waals surface area (Å²) in [7, 11) is 0. The molecule has 0 aliphatic carbocycles. The Morgan fingerprint density at radius 3 is 2.27 bits per heavy atom. The minimum absolute atomic E-state index is 0.00162. The molecule has 0 spiro atoms. The van der Waals surface area contributed by atoms with Crippen molar-refractivity contribution in [2.45, 2.75) is 39.8 Å². The van der Waals surface area contributed by atoms with Gasteiger partial charge in [0.05, 0.1) is 0 Å². The third-order valence-corrected chi connectivity index (χ3v) is 4.06. The van der Waals surface area contributed by atoms with E-state index in [9.17, 15) is 4.79 Å². The molecule has 2 nitrogen and oxygen atoms in total. The molecule has 0 N–H and O–H groups in total. The average molecular weight is 316 g/mol. The van der Waals surface area contributed by atoms with Crippen molar-refractivity contribution >= 4 is 17.5 Å². The van der Waals surface area contributed by atoms with Gasteiger partial charge in [0.25, 0.3) is 5.91 Å². The molecule has 0 fully saturated rings. The molecule has 0 saturated heterocycles. The lowest BCUT2D eigenvalue weighted by Gasteiger charge is -2.36. The molecule has 2 aromatic rings. The van der Waals surface area contributed by atoms with E-state index in [0.717, 1.165) is 11.1 Å².